The van der Waals surface area contributed by atoms with Crippen LogP contribution in [-0.2, 0) is 20.7 Å². The Labute approximate surface area is 178 Å². The number of hydrogen-bond donors (Lipinski definition) is 1. The molecule has 0 unspecified atom stereocenters. The molecule has 0 atom stereocenters. The second-order valence-corrected chi connectivity index (χ2v) is 7.27. The number of hydrogen-bond acceptors (Lipinski definition) is 8. The summed E-state index contributed by atoms with van der Waals surface area (Å²) in [6.07, 6.45) is 1.11. The quantitative estimate of drug-likeness (QED) is 0.387. The topological polar surface area (TPSA) is 114 Å². The lowest BCUT2D eigenvalue weighted by Crippen LogP contribution is -2.12. The molecule has 2 rings (SSSR count). The van der Waals surface area contributed by atoms with Gasteiger partial charge in [-0.2, -0.15) is 5.26 Å². The lowest BCUT2D eigenvalue weighted by molar-refractivity contribution is -0.114. The molecular weight excluding hydrogens is 406 g/mol. The van der Waals surface area contributed by atoms with Crippen molar-refractivity contribution in [3.8, 4) is 11.8 Å². The molecule has 1 aromatic heterocycles. The molecule has 0 amide bonds. The van der Waals surface area contributed by atoms with E-state index in [1.807, 2.05) is 6.07 Å². The molecule has 0 aliphatic heterocycles. The van der Waals surface area contributed by atoms with Crippen LogP contribution in [-0.4, -0.2) is 36.0 Å². The Morgan fingerprint density at radius 1 is 1.17 bits per heavy atom. The van der Waals surface area contributed by atoms with E-state index in [1.54, 1.807) is 32.9 Å². The predicted molar refractivity (Wildman–Crippen MR) is 111 cm³/mol. The largest absolute Gasteiger partial charge is 0.508 e. The fraction of sp³-hybridized carbons (Fsp3) is 0.273. The van der Waals surface area contributed by atoms with E-state index in [0.29, 0.717) is 16.0 Å². The van der Waals surface area contributed by atoms with E-state index in [0.717, 1.165) is 11.3 Å². The molecule has 7 nitrogen and oxygen atoms in total. The highest BCUT2D eigenvalue weighted by Gasteiger charge is 2.27. The SMILES string of the molecule is CCOC(=O)c1sc(CC(=O)/C(C#N)=C/c2cccc(O)c2)c(C(=O)OCC)c1C. The number of phenols is 1. The number of ketones is 1. The van der Waals surface area contributed by atoms with E-state index in [2.05, 4.69) is 0 Å². The van der Waals surface area contributed by atoms with Gasteiger partial charge in [-0.05, 0) is 50.1 Å². The number of carbonyl (C=O) groups excluding carboxylic acids is 3. The Kier molecular flexibility index (Phi) is 7.90. The number of benzene rings is 1. The van der Waals surface area contributed by atoms with Crippen LogP contribution in [0.25, 0.3) is 6.08 Å². The first-order valence-electron chi connectivity index (χ1n) is 9.22. The van der Waals surface area contributed by atoms with Gasteiger partial charge in [-0.25, -0.2) is 9.59 Å². The molecule has 0 spiro atoms. The van der Waals surface area contributed by atoms with Gasteiger partial charge in [0.25, 0.3) is 0 Å². The molecule has 156 valence electrons. The average molecular weight is 427 g/mol. The van der Waals surface area contributed by atoms with Crippen molar-refractivity contribution in [2.75, 3.05) is 13.2 Å². The van der Waals surface area contributed by atoms with Gasteiger partial charge in [0.15, 0.2) is 5.78 Å². The number of Topliss-reactive ketones (excluding diaryl/α,β-unsaturated/α-hetero) is 1. The predicted octanol–water partition coefficient (Wildman–Crippen LogP) is 3.83. The maximum absolute atomic E-state index is 12.8. The molecule has 2 aromatic rings. The van der Waals surface area contributed by atoms with Crippen molar-refractivity contribution in [2.24, 2.45) is 0 Å². The fourth-order valence-electron chi connectivity index (χ4n) is 2.76. The highest BCUT2D eigenvalue weighted by Crippen LogP contribution is 2.31. The van der Waals surface area contributed by atoms with Crippen LogP contribution in [0.5, 0.6) is 5.75 Å². The molecular formula is C22H21NO6S. The number of rotatable bonds is 8. The van der Waals surface area contributed by atoms with Crippen LogP contribution in [0, 0.1) is 18.3 Å². The summed E-state index contributed by atoms with van der Waals surface area (Å²) in [5.41, 5.74) is 0.877. The number of phenolic OH excluding ortho intramolecular Hbond substituents is 1. The number of ether oxygens (including phenoxy) is 2. The Hall–Kier alpha value is -3.44. The van der Waals surface area contributed by atoms with Gasteiger partial charge >= 0.3 is 11.9 Å². The third kappa shape index (κ3) is 5.33. The monoisotopic (exact) mass is 427 g/mol. The number of nitrogens with zero attached hydrogens (tertiary/aromatic N) is 1. The minimum atomic E-state index is -0.639. The lowest BCUT2D eigenvalue weighted by atomic mass is 10.0. The van der Waals surface area contributed by atoms with Gasteiger partial charge in [-0.15, -0.1) is 11.3 Å². The van der Waals surface area contributed by atoms with Gasteiger partial charge < -0.3 is 14.6 Å². The van der Waals surface area contributed by atoms with Crippen molar-refractivity contribution < 1.29 is 29.0 Å². The summed E-state index contributed by atoms with van der Waals surface area (Å²) < 4.78 is 10.1. The Morgan fingerprint density at radius 2 is 1.83 bits per heavy atom. The van der Waals surface area contributed by atoms with Crippen LogP contribution >= 0.6 is 11.3 Å². The molecule has 0 bridgehead atoms. The van der Waals surface area contributed by atoms with Gasteiger partial charge in [0.2, 0.25) is 0 Å². The zero-order chi connectivity index (χ0) is 22.3. The minimum Gasteiger partial charge on any atom is -0.508 e. The number of thiophene rings is 1. The summed E-state index contributed by atoms with van der Waals surface area (Å²) in [6, 6.07) is 7.98. The zero-order valence-corrected chi connectivity index (χ0v) is 17.7. The number of nitriles is 1. The van der Waals surface area contributed by atoms with Crippen molar-refractivity contribution in [1.82, 2.24) is 0 Å². The first kappa shape index (κ1) is 22.8. The third-order valence-corrected chi connectivity index (χ3v) is 5.36. The summed E-state index contributed by atoms with van der Waals surface area (Å²) in [4.78, 5) is 38.0. The number of carbonyl (C=O) groups is 3. The maximum atomic E-state index is 12.8. The van der Waals surface area contributed by atoms with Crippen molar-refractivity contribution >= 4 is 35.1 Å². The molecule has 1 heterocycles. The first-order chi connectivity index (χ1) is 14.3. The molecule has 0 aliphatic rings. The van der Waals surface area contributed by atoms with E-state index in [4.69, 9.17) is 9.47 Å². The Morgan fingerprint density at radius 3 is 2.43 bits per heavy atom. The van der Waals surface area contributed by atoms with Crippen LogP contribution in [0.1, 0.15) is 49.9 Å². The van der Waals surface area contributed by atoms with Crippen LogP contribution in [0.3, 0.4) is 0 Å². The van der Waals surface area contributed by atoms with Crippen LogP contribution in [0.4, 0.5) is 0 Å². The van der Waals surface area contributed by atoms with Gasteiger partial charge in [0, 0.05) is 11.3 Å². The molecule has 0 saturated heterocycles. The molecule has 0 radical (unpaired) electrons. The van der Waals surface area contributed by atoms with Gasteiger partial charge in [-0.1, -0.05) is 12.1 Å². The third-order valence-electron chi connectivity index (χ3n) is 4.08. The second kappa shape index (κ2) is 10.4. The number of esters is 2. The highest BCUT2D eigenvalue weighted by molar-refractivity contribution is 7.14. The van der Waals surface area contributed by atoms with E-state index in [9.17, 15) is 24.8 Å². The molecule has 30 heavy (non-hydrogen) atoms. The molecule has 1 aromatic carbocycles. The molecule has 0 saturated carbocycles. The summed E-state index contributed by atoms with van der Waals surface area (Å²) in [5, 5.41) is 19.0. The van der Waals surface area contributed by atoms with Gasteiger partial charge in [0.1, 0.15) is 16.7 Å². The minimum absolute atomic E-state index is 0.00560. The summed E-state index contributed by atoms with van der Waals surface area (Å²) >= 11 is 0.980. The van der Waals surface area contributed by atoms with E-state index >= 15 is 0 Å². The van der Waals surface area contributed by atoms with Crippen LogP contribution < -0.4 is 0 Å². The lowest BCUT2D eigenvalue weighted by Gasteiger charge is -2.05. The standard InChI is InChI=1S/C22H21NO6S/c1-4-28-21(26)19-13(3)20(22(27)29-5-2)30-18(19)11-17(25)15(12-23)9-14-7-6-8-16(24)10-14/h6-10,24H,4-5,11H2,1-3H3/b15-9+. The van der Waals surface area contributed by atoms with Crippen LogP contribution in [0.15, 0.2) is 29.8 Å². The summed E-state index contributed by atoms with van der Waals surface area (Å²) in [5.74, 6) is -1.74. The van der Waals surface area contributed by atoms with E-state index < -0.39 is 17.7 Å². The molecule has 0 fully saturated rings. The number of allylic oxidation sites excluding steroid dienone is 1. The normalized spacial score (nSPS) is 10.9. The molecule has 0 aliphatic carbocycles. The zero-order valence-electron chi connectivity index (χ0n) is 16.9. The van der Waals surface area contributed by atoms with E-state index in [-0.39, 0.29) is 41.4 Å². The van der Waals surface area contributed by atoms with Crippen molar-refractivity contribution in [1.29, 1.82) is 5.26 Å². The molecule has 1 N–H and O–H groups in total. The van der Waals surface area contributed by atoms with Gasteiger partial charge in [-0.3, -0.25) is 4.79 Å². The first-order valence-corrected chi connectivity index (χ1v) is 10.0. The van der Waals surface area contributed by atoms with Gasteiger partial charge in [0.05, 0.1) is 24.4 Å². The van der Waals surface area contributed by atoms with E-state index in [1.165, 1.54) is 18.2 Å². The smallest absolute Gasteiger partial charge is 0.348 e. The fourth-order valence-corrected chi connectivity index (χ4v) is 3.94. The summed E-state index contributed by atoms with van der Waals surface area (Å²) in [7, 11) is 0. The van der Waals surface area contributed by atoms with Crippen molar-refractivity contribution in [3.63, 3.8) is 0 Å². The van der Waals surface area contributed by atoms with Crippen molar-refractivity contribution in [2.45, 2.75) is 27.2 Å². The van der Waals surface area contributed by atoms with Crippen molar-refractivity contribution in [3.05, 3.63) is 56.3 Å². The summed E-state index contributed by atoms with van der Waals surface area (Å²) in [6.45, 7) is 5.23. The molecule has 8 heteroatoms. The Bertz CT molecular complexity index is 1040. The number of aromatic hydroxyl groups is 1. The van der Waals surface area contributed by atoms with Crippen LogP contribution in [0.2, 0.25) is 0 Å². The second-order valence-electron chi connectivity index (χ2n) is 6.16. The average Bonchev–Trinajstić information content (AvgIpc) is 3.02. The Balaban J connectivity index is 2.43. The highest BCUT2D eigenvalue weighted by atomic mass is 32.1. The maximum Gasteiger partial charge on any atom is 0.348 e.